The molecule has 6 nitrogen and oxygen atoms in total. The number of anilines is 1. The molecule has 3 heterocycles. The second kappa shape index (κ2) is 5.95. The van der Waals surface area contributed by atoms with Crippen molar-refractivity contribution in [2.24, 2.45) is 0 Å². The van der Waals surface area contributed by atoms with Crippen molar-refractivity contribution in [3.8, 4) is 0 Å². The van der Waals surface area contributed by atoms with Gasteiger partial charge in [-0.3, -0.25) is 0 Å². The summed E-state index contributed by atoms with van der Waals surface area (Å²) in [5.74, 6) is 0. The van der Waals surface area contributed by atoms with E-state index in [-0.39, 0.29) is 4.90 Å². The number of hydrogen-bond acceptors (Lipinski definition) is 5. The van der Waals surface area contributed by atoms with Gasteiger partial charge < -0.3 is 10.2 Å². The maximum absolute atomic E-state index is 13.3. The molecule has 5 rings (SSSR count). The first-order valence-corrected chi connectivity index (χ1v) is 10.8. The van der Waals surface area contributed by atoms with Crippen molar-refractivity contribution in [3.05, 3.63) is 53.3 Å². The van der Waals surface area contributed by atoms with E-state index < -0.39 is 10.0 Å². The second-order valence-electron chi connectivity index (χ2n) is 7.20. The van der Waals surface area contributed by atoms with Gasteiger partial charge in [-0.1, -0.05) is 23.7 Å². The molecule has 0 aliphatic carbocycles. The molecule has 2 saturated heterocycles. The highest BCUT2D eigenvalue weighted by Gasteiger charge is 2.38. The Kier molecular flexibility index (Phi) is 3.76. The smallest absolute Gasteiger partial charge is 0.269 e. The van der Waals surface area contributed by atoms with Crippen molar-refractivity contribution in [3.63, 3.8) is 0 Å². The third kappa shape index (κ3) is 2.49. The maximum atomic E-state index is 13.3. The molecule has 3 aromatic rings. The summed E-state index contributed by atoms with van der Waals surface area (Å²) in [6.07, 6.45) is 2.52. The number of aromatic nitrogens is 2. The van der Waals surface area contributed by atoms with E-state index in [1.54, 1.807) is 31.2 Å². The molecule has 2 bridgehead atoms. The van der Waals surface area contributed by atoms with E-state index in [9.17, 15) is 8.42 Å². The average Bonchev–Trinajstić information content (AvgIpc) is 3.38. The fourth-order valence-electron chi connectivity index (χ4n) is 4.25. The van der Waals surface area contributed by atoms with Crippen LogP contribution in [0, 0.1) is 6.92 Å². The number of para-hydroxylation sites is 1. The summed E-state index contributed by atoms with van der Waals surface area (Å²) < 4.78 is 27.8. The monoisotopic (exact) mass is 402 g/mol. The van der Waals surface area contributed by atoms with E-state index in [1.807, 2.05) is 12.1 Å². The summed E-state index contributed by atoms with van der Waals surface area (Å²) in [5.41, 5.74) is 2.84. The Labute approximate surface area is 162 Å². The third-order valence-corrected chi connectivity index (χ3v) is 7.86. The summed E-state index contributed by atoms with van der Waals surface area (Å²) in [7, 11) is -3.79. The molecule has 2 fully saturated rings. The Hall–Kier alpha value is -2.09. The molecule has 0 spiro atoms. The van der Waals surface area contributed by atoms with Crippen LogP contribution in [0.15, 0.2) is 47.6 Å². The number of nitrogens with zero attached hydrogens (tertiary/aromatic N) is 3. The first-order valence-electron chi connectivity index (χ1n) is 8.93. The molecular formula is C19H19ClN4O2S. The SMILES string of the molecule is Cc1c(Cl)cccc1S(=O)(=O)n1cnc2c(N3C[C@@H]4C[C@H]3CN4)cccc21. The van der Waals surface area contributed by atoms with Gasteiger partial charge in [-0.05, 0) is 43.2 Å². The lowest BCUT2D eigenvalue weighted by atomic mass is 10.2. The van der Waals surface area contributed by atoms with Gasteiger partial charge in [0, 0.05) is 30.2 Å². The maximum Gasteiger partial charge on any atom is 0.269 e. The van der Waals surface area contributed by atoms with Gasteiger partial charge in [0.25, 0.3) is 10.0 Å². The van der Waals surface area contributed by atoms with E-state index in [4.69, 9.17) is 11.6 Å². The predicted octanol–water partition coefficient (Wildman–Crippen LogP) is 2.79. The number of piperazine rings is 1. The number of benzene rings is 2. The van der Waals surface area contributed by atoms with Crippen LogP contribution in [0.25, 0.3) is 11.0 Å². The number of rotatable bonds is 3. The van der Waals surface area contributed by atoms with Crippen molar-refractivity contribution >= 4 is 38.3 Å². The van der Waals surface area contributed by atoms with Crippen LogP contribution in [0.5, 0.6) is 0 Å². The molecule has 8 heteroatoms. The Morgan fingerprint density at radius 1 is 1.22 bits per heavy atom. The number of nitrogens with one attached hydrogen (secondary N) is 1. The lowest BCUT2D eigenvalue weighted by molar-refractivity contribution is 0.581. The third-order valence-electron chi connectivity index (χ3n) is 5.64. The van der Waals surface area contributed by atoms with Crippen molar-refractivity contribution in [2.75, 3.05) is 18.0 Å². The minimum atomic E-state index is -3.79. The molecule has 1 N–H and O–H groups in total. The summed E-state index contributed by atoms with van der Waals surface area (Å²) in [5, 5.41) is 3.92. The Balaban J connectivity index is 1.65. The second-order valence-corrected chi connectivity index (χ2v) is 9.39. The van der Waals surface area contributed by atoms with E-state index in [0.717, 1.165) is 25.2 Å². The van der Waals surface area contributed by atoms with Crippen LogP contribution in [0.1, 0.15) is 12.0 Å². The van der Waals surface area contributed by atoms with Crippen LogP contribution in [0.3, 0.4) is 0 Å². The molecule has 140 valence electrons. The topological polar surface area (TPSA) is 67.2 Å². The van der Waals surface area contributed by atoms with Crippen molar-refractivity contribution < 1.29 is 8.42 Å². The molecular weight excluding hydrogens is 384 g/mol. The van der Waals surface area contributed by atoms with Crippen LogP contribution >= 0.6 is 11.6 Å². The summed E-state index contributed by atoms with van der Waals surface area (Å²) >= 11 is 6.15. The van der Waals surface area contributed by atoms with E-state index >= 15 is 0 Å². The van der Waals surface area contributed by atoms with Crippen molar-refractivity contribution in [2.45, 2.75) is 30.3 Å². The van der Waals surface area contributed by atoms with Gasteiger partial charge in [-0.15, -0.1) is 0 Å². The fraction of sp³-hybridized carbons (Fsp3) is 0.316. The Morgan fingerprint density at radius 2 is 2.04 bits per heavy atom. The Bertz CT molecular complexity index is 1160. The van der Waals surface area contributed by atoms with Gasteiger partial charge in [-0.25, -0.2) is 17.4 Å². The first-order chi connectivity index (χ1) is 13.0. The fourth-order valence-corrected chi connectivity index (χ4v) is 6.02. The summed E-state index contributed by atoms with van der Waals surface area (Å²) in [6.45, 7) is 3.60. The number of fused-ring (bicyclic) bond motifs is 3. The molecule has 0 radical (unpaired) electrons. The Morgan fingerprint density at radius 3 is 2.78 bits per heavy atom. The molecule has 2 atom stereocenters. The molecule has 2 aliphatic heterocycles. The minimum absolute atomic E-state index is 0.198. The van der Waals surface area contributed by atoms with Gasteiger partial charge in [0.15, 0.2) is 0 Å². The van der Waals surface area contributed by atoms with Gasteiger partial charge in [0.05, 0.1) is 16.1 Å². The van der Waals surface area contributed by atoms with Gasteiger partial charge in [0.1, 0.15) is 11.8 Å². The zero-order valence-electron chi connectivity index (χ0n) is 14.8. The highest BCUT2D eigenvalue weighted by molar-refractivity contribution is 7.90. The van der Waals surface area contributed by atoms with Crippen molar-refractivity contribution in [1.82, 2.24) is 14.3 Å². The van der Waals surface area contributed by atoms with Crippen molar-refractivity contribution in [1.29, 1.82) is 0 Å². The zero-order valence-corrected chi connectivity index (χ0v) is 16.3. The normalized spacial score (nSPS) is 22.1. The number of halogens is 1. The highest BCUT2D eigenvalue weighted by atomic mass is 35.5. The lowest BCUT2D eigenvalue weighted by Gasteiger charge is -2.29. The van der Waals surface area contributed by atoms with Crippen LogP contribution in [-0.4, -0.2) is 42.5 Å². The standard InChI is InChI=1S/C19H19ClN4O2S/c1-12-15(20)4-2-7-18(12)27(25,26)24-11-22-19-16(5-3-6-17(19)24)23-10-13-8-14(23)9-21-13/h2-7,11,13-14,21H,8-10H2,1H3/t13-,14-/m0/s1. The largest absolute Gasteiger partial charge is 0.364 e. The van der Waals surface area contributed by atoms with Gasteiger partial charge in [-0.2, -0.15) is 0 Å². The van der Waals surface area contributed by atoms with Crippen LogP contribution < -0.4 is 10.2 Å². The average molecular weight is 403 g/mol. The molecule has 2 aliphatic rings. The van der Waals surface area contributed by atoms with Crippen LogP contribution in [-0.2, 0) is 10.0 Å². The molecule has 0 saturated carbocycles. The van der Waals surface area contributed by atoms with Gasteiger partial charge in [0.2, 0.25) is 0 Å². The summed E-state index contributed by atoms with van der Waals surface area (Å²) in [6, 6.07) is 11.6. The lowest BCUT2D eigenvalue weighted by Crippen LogP contribution is -2.43. The number of imidazole rings is 1. The molecule has 27 heavy (non-hydrogen) atoms. The van der Waals surface area contributed by atoms with Crippen LogP contribution in [0.4, 0.5) is 5.69 Å². The molecule has 1 aromatic heterocycles. The van der Waals surface area contributed by atoms with E-state index in [0.29, 0.717) is 33.7 Å². The first kappa shape index (κ1) is 17.0. The zero-order chi connectivity index (χ0) is 18.8. The minimum Gasteiger partial charge on any atom is -0.364 e. The molecule has 0 unspecified atom stereocenters. The number of hydrogen-bond donors (Lipinski definition) is 1. The summed E-state index contributed by atoms with van der Waals surface area (Å²) in [4.78, 5) is 7.02. The molecule has 2 aromatic carbocycles. The predicted molar refractivity (Wildman–Crippen MR) is 106 cm³/mol. The van der Waals surface area contributed by atoms with Crippen LogP contribution in [0.2, 0.25) is 5.02 Å². The van der Waals surface area contributed by atoms with E-state index in [1.165, 1.54) is 10.3 Å². The quantitative estimate of drug-likeness (QED) is 0.729. The molecule has 0 amide bonds. The van der Waals surface area contributed by atoms with Gasteiger partial charge >= 0.3 is 0 Å². The van der Waals surface area contributed by atoms with E-state index in [2.05, 4.69) is 15.2 Å². The highest BCUT2D eigenvalue weighted by Crippen LogP contribution is 2.35.